The zero-order valence-corrected chi connectivity index (χ0v) is 7.18. The molecule has 1 saturated heterocycles. The summed E-state index contributed by atoms with van der Waals surface area (Å²) in [5.74, 6) is 0.220. The number of nitrogens with zero attached hydrogens (tertiary/aromatic N) is 4. The summed E-state index contributed by atoms with van der Waals surface area (Å²) in [5.41, 5.74) is 0. The van der Waals surface area contributed by atoms with Crippen LogP contribution in [0.5, 0.6) is 0 Å². The van der Waals surface area contributed by atoms with Crippen LogP contribution in [0, 0.1) is 11.3 Å². The molecule has 1 fully saturated rings. The monoisotopic (exact) mass is 178 g/mol. The van der Waals surface area contributed by atoms with Crippen molar-refractivity contribution in [2.45, 2.75) is 25.5 Å². The third kappa shape index (κ3) is 1.84. The normalized spacial score (nSPS) is 21.6. The second kappa shape index (κ2) is 3.54. The molecule has 68 valence electrons. The van der Waals surface area contributed by atoms with Gasteiger partial charge in [-0.15, -0.1) is 5.10 Å². The lowest BCUT2D eigenvalue weighted by Gasteiger charge is -2.07. The number of hydrogen-bond donors (Lipinski definition) is 0. The van der Waals surface area contributed by atoms with Crippen molar-refractivity contribution in [1.82, 2.24) is 14.8 Å². The van der Waals surface area contributed by atoms with E-state index in [4.69, 9.17) is 10.00 Å². The van der Waals surface area contributed by atoms with Crippen molar-refractivity contribution in [2.24, 2.45) is 0 Å². The summed E-state index contributed by atoms with van der Waals surface area (Å²) in [4.78, 5) is 3.81. The Kier molecular flexibility index (Phi) is 2.23. The van der Waals surface area contributed by atoms with Crippen molar-refractivity contribution < 1.29 is 4.74 Å². The Morgan fingerprint density at radius 3 is 3.31 bits per heavy atom. The molecule has 1 atom stereocenters. The Balaban J connectivity index is 1.97. The van der Waals surface area contributed by atoms with Crippen molar-refractivity contribution in [3.63, 3.8) is 0 Å². The lowest BCUT2D eigenvalue weighted by atomic mass is 10.2. The quantitative estimate of drug-likeness (QED) is 0.654. The van der Waals surface area contributed by atoms with Gasteiger partial charge in [0.2, 0.25) is 0 Å². The third-order valence-electron chi connectivity index (χ3n) is 2.05. The SMILES string of the molecule is N#Cc1ncn(C[C@@H]2CCCO2)n1. The second-order valence-electron chi connectivity index (χ2n) is 3.04. The summed E-state index contributed by atoms with van der Waals surface area (Å²) in [6.45, 7) is 1.54. The van der Waals surface area contributed by atoms with E-state index in [1.54, 1.807) is 11.0 Å². The Morgan fingerprint density at radius 2 is 2.69 bits per heavy atom. The first-order chi connectivity index (χ1) is 6.38. The van der Waals surface area contributed by atoms with E-state index in [1.807, 2.05) is 6.07 Å². The summed E-state index contributed by atoms with van der Waals surface area (Å²) in [7, 11) is 0. The van der Waals surface area contributed by atoms with Crippen LogP contribution >= 0.6 is 0 Å². The highest BCUT2D eigenvalue weighted by Crippen LogP contribution is 2.13. The van der Waals surface area contributed by atoms with E-state index in [0.717, 1.165) is 19.4 Å². The summed E-state index contributed by atoms with van der Waals surface area (Å²) in [6, 6.07) is 1.89. The highest BCUT2D eigenvalue weighted by Gasteiger charge is 2.16. The molecule has 2 heterocycles. The summed E-state index contributed by atoms with van der Waals surface area (Å²) in [5, 5.41) is 12.4. The molecule has 0 spiro atoms. The van der Waals surface area contributed by atoms with E-state index in [0.29, 0.717) is 6.54 Å². The Hall–Kier alpha value is -1.41. The highest BCUT2D eigenvalue weighted by atomic mass is 16.5. The molecule has 0 bridgehead atoms. The van der Waals surface area contributed by atoms with Crippen molar-refractivity contribution in [2.75, 3.05) is 6.61 Å². The first-order valence-corrected chi connectivity index (χ1v) is 4.29. The van der Waals surface area contributed by atoms with E-state index in [1.165, 1.54) is 0 Å². The van der Waals surface area contributed by atoms with Gasteiger partial charge in [-0.3, -0.25) is 0 Å². The van der Waals surface area contributed by atoms with Crippen LogP contribution in [0.15, 0.2) is 6.33 Å². The van der Waals surface area contributed by atoms with Gasteiger partial charge in [0, 0.05) is 6.61 Å². The van der Waals surface area contributed by atoms with Gasteiger partial charge in [-0.25, -0.2) is 9.67 Å². The molecule has 0 unspecified atom stereocenters. The van der Waals surface area contributed by atoms with Gasteiger partial charge in [-0.2, -0.15) is 5.26 Å². The molecule has 13 heavy (non-hydrogen) atoms. The van der Waals surface area contributed by atoms with E-state index >= 15 is 0 Å². The lowest BCUT2D eigenvalue weighted by molar-refractivity contribution is 0.0939. The van der Waals surface area contributed by atoms with Crippen LogP contribution in [0.25, 0.3) is 0 Å². The molecule has 1 aromatic heterocycles. The summed E-state index contributed by atoms with van der Waals surface area (Å²) >= 11 is 0. The van der Waals surface area contributed by atoms with Gasteiger partial charge < -0.3 is 4.74 Å². The predicted molar refractivity (Wildman–Crippen MR) is 43.7 cm³/mol. The van der Waals surface area contributed by atoms with Gasteiger partial charge in [0.05, 0.1) is 12.6 Å². The van der Waals surface area contributed by atoms with Crippen LogP contribution in [0.4, 0.5) is 0 Å². The Morgan fingerprint density at radius 1 is 1.77 bits per heavy atom. The number of nitriles is 1. The number of hydrogen-bond acceptors (Lipinski definition) is 4. The molecular formula is C8H10N4O. The fourth-order valence-corrected chi connectivity index (χ4v) is 1.43. The second-order valence-corrected chi connectivity index (χ2v) is 3.04. The van der Waals surface area contributed by atoms with Gasteiger partial charge >= 0.3 is 0 Å². The maximum Gasteiger partial charge on any atom is 0.252 e. The standard InChI is InChI=1S/C8H10N4O/c9-4-8-10-6-12(11-8)5-7-2-1-3-13-7/h6-7H,1-3,5H2/t7-/m0/s1. The third-order valence-corrected chi connectivity index (χ3v) is 2.05. The molecule has 0 aliphatic carbocycles. The average molecular weight is 178 g/mol. The van der Waals surface area contributed by atoms with Crippen molar-refractivity contribution in [3.8, 4) is 6.07 Å². The van der Waals surface area contributed by atoms with E-state index in [-0.39, 0.29) is 11.9 Å². The van der Waals surface area contributed by atoms with Crippen LogP contribution in [-0.2, 0) is 11.3 Å². The van der Waals surface area contributed by atoms with Crippen LogP contribution < -0.4 is 0 Å². The van der Waals surface area contributed by atoms with Gasteiger partial charge in [-0.05, 0) is 12.8 Å². The number of ether oxygens (including phenoxy) is 1. The summed E-state index contributed by atoms with van der Waals surface area (Å²) < 4.78 is 7.09. The largest absolute Gasteiger partial charge is 0.376 e. The lowest BCUT2D eigenvalue weighted by Crippen LogP contribution is -2.15. The molecule has 0 radical (unpaired) electrons. The van der Waals surface area contributed by atoms with Gasteiger partial charge in [-0.1, -0.05) is 0 Å². The van der Waals surface area contributed by atoms with Crippen LogP contribution in [-0.4, -0.2) is 27.5 Å². The minimum Gasteiger partial charge on any atom is -0.376 e. The number of rotatable bonds is 2. The zero-order valence-electron chi connectivity index (χ0n) is 7.18. The molecule has 2 rings (SSSR count). The van der Waals surface area contributed by atoms with Crippen LogP contribution in [0.3, 0.4) is 0 Å². The maximum absolute atomic E-state index is 8.49. The molecular weight excluding hydrogens is 168 g/mol. The molecule has 0 amide bonds. The Bertz CT molecular complexity index is 321. The molecule has 5 heteroatoms. The molecule has 0 saturated carbocycles. The van der Waals surface area contributed by atoms with Crippen LogP contribution in [0.2, 0.25) is 0 Å². The van der Waals surface area contributed by atoms with Crippen molar-refractivity contribution in [1.29, 1.82) is 5.26 Å². The van der Waals surface area contributed by atoms with Crippen LogP contribution in [0.1, 0.15) is 18.7 Å². The molecule has 5 nitrogen and oxygen atoms in total. The fourth-order valence-electron chi connectivity index (χ4n) is 1.43. The van der Waals surface area contributed by atoms with Crippen molar-refractivity contribution in [3.05, 3.63) is 12.2 Å². The topological polar surface area (TPSA) is 63.7 Å². The first-order valence-electron chi connectivity index (χ1n) is 4.29. The molecule has 0 N–H and O–H groups in total. The van der Waals surface area contributed by atoms with Gasteiger partial charge in [0.25, 0.3) is 5.82 Å². The minimum absolute atomic E-state index is 0.220. The smallest absolute Gasteiger partial charge is 0.252 e. The first kappa shape index (κ1) is 8.20. The minimum atomic E-state index is 0.220. The van der Waals surface area contributed by atoms with E-state index in [2.05, 4.69) is 10.1 Å². The molecule has 1 aliphatic rings. The molecule has 1 aliphatic heterocycles. The maximum atomic E-state index is 8.49. The number of aromatic nitrogens is 3. The van der Waals surface area contributed by atoms with Gasteiger partial charge in [0.15, 0.2) is 0 Å². The van der Waals surface area contributed by atoms with Crippen molar-refractivity contribution >= 4 is 0 Å². The average Bonchev–Trinajstić information content (AvgIpc) is 2.76. The highest BCUT2D eigenvalue weighted by molar-refractivity contribution is 5.05. The summed E-state index contributed by atoms with van der Waals surface area (Å²) in [6.07, 6.45) is 4.00. The van der Waals surface area contributed by atoms with E-state index in [9.17, 15) is 0 Å². The predicted octanol–water partition coefficient (Wildman–Crippen LogP) is 0.329. The van der Waals surface area contributed by atoms with E-state index < -0.39 is 0 Å². The Labute approximate surface area is 75.9 Å². The van der Waals surface area contributed by atoms with Gasteiger partial charge in [0.1, 0.15) is 12.4 Å². The molecule has 1 aromatic rings. The molecule has 0 aromatic carbocycles. The fraction of sp³-hybridized carbons (Fsp3) is 0.625. The zero-order chi connectivity index (χ0) is 9.10.